The van der Waals surface area contributed by atoms with Gasteiger partial charge in [-0.1, -0.05) is 23.7 Å². The van der Waals surface area contributed by atoms with Crippen molar-refractivity contribution in [3.05, 3.63) is 59.0 Å². The molecular weight excluding hydrogens is 293 g/mol. The largest absolute Gasteiger partial charge is 0.481 e. The molecule has 2 N–H and O–H groups in total. The van der Waals surface area contributed by atoms with Crippen molar-refractivity contribution < 1.29 is 14.3 Å². The number of benzene rings is 2. The third-order valence-electron chi connectivity index (χ3n) is 3.36. The van der Waals surface area contributed by atoms with Crippen molar-refractivity contribution in [2.24, 2.45) is 0 Å². The van der Waals surface area contributed by atoms with Crippen molar-refractivity contribution in [2.75, 3.05) is 0 Å². The number of aromatic amines is 1. The average molecular weight is 304 g/mol. The molecular formula is C16H11ClFNO2. The molecule has 0 aliphatic rings. The highest BCUT2D eigenvalue weighted by Gasteiger charge is 2.10. The van der Waals surface area contributed by atoms with Crippen molar-refractivity contribution in [1.29, 1.82) is 0 Å². The summed E-state index contributed by atoms with van der Waals surface area (Å²) in [4.78, 5) is 13.9. The van der Waals surface area contributed by atoms with Crippen LogP contribution in [0.15, 0.2) is 42.6 Å². The second-order valence-corrected chi connectivity index (χ2v) is 5.18. The molecule has 0 aliphatic carbocycles. The van der Waals surface area contributed by atoms with Crippen molar-refractivity contribution in [3.63, 3.8) is 0 Å². The standard InChI is InChI=1S/C16H11ClFNO2/c17-13-6-10(1-3-14(13)18)9-2-4-15-12(5-9)11(8-19-15)7-16(20)21/h1-6,8,19H,7H2,(H,20,21). The number of carbonyl (C=O) groups is 1. The van der Waals surface area contributed by atoms with Gasteiger partial charge < -0.3 is 10.1 Å². The summed E-state index contributed by atoms with van der Waals surface area (Å²) < 4.78 is 13.2. The van der Waals surface area contributed by atoms with Crippen LogP contribution in [0.3, 0.4) is 0 Å². The van der Waals surface area contributed by atoms with E-state index in [9.17, 15) is 9.18 Å². The molecule has 0 spiro atoms. The topological polar surface area (TPSA) is 53.1 Å². The lowest BCUT2D eigenvalue weighted by Crippen LogP contribution is -1.98. The predicted octanol–water partition coefficient (Wildman–Crippen LogP) is 4.25. The fourth-order valence-corrected chi connectivity index (χ4v) is 2.52. The van der Waals surface area contributed by atoms with Gasteiger partial charge in [0.1, 0.15) is 5.82 Å². The fourth-order valence-electron chi connectivity index (χ4n) is 2.34. The van der Waals surface area contributed by atoms with E-state index < -0.39 is 11.8 Å². The molecule has 0 atom stereocenters. The van der Waals surface area contributed by atoms with E-state index in [1.807, 2.05) is 18.2 Å². The number of aliphatic carboxylic acids is 1. The Hall–Kier alpha value is -2.33. The van der Waals surface area contributed by atoms with Crippen LogP contribution in [-0.2, 0) is 11.2 Å². The third-order valence-corrected chi connectivity index (χ3v) is 3.65. The van der Waals surface area contributed by atoms with Crippen molar-refractivity contribution >= 4 is 28.5 Å². The summed E-state index contributed by atoms with van der Waals surface area (Å²) in [6.07, 6.45) is 1.65. The van der Waals surface area contributed by atoms with Gasteiger partial charge in [-0.2, -0.15) is 0 Å². The van der Waals surface area contributed by atoms with Gasteiger partial charge in [-0.3, -0.25) is 4.79 Å². The maximum atomic E-state index is 13.2. The van der Waals surface area contributed by atoms with E-state index in [1.54, 1.807) is 18.3 Å². The lowest BCUT2D eigenvalue weighted by molar-refractivity contribution is -0.136. The van der Waals surface area contributed by atoms with Crippen LogP contribution < -0.4 is 0 Å². The summed E-state index contributed by atoms with van der Waals surface area (Å²) >= 11 is 5.80. The van der Waals surface area contributed by atoms with Gasteiger partial charge >= 0.3 is 5.97 Å². The number of nitrogens with one attached hydrogen (secondary N) is 1. The minimum Gasteiger partial charge on any atom is -0.481 e. The Bertz CT molecular complexity index is 841. The van der Waals surface area contributed by atoms with Crippen molar-refractivity contribution in [1.82, 2.24) is 4.98 Å². The molecule has 1 aromatic heterocycles. The lowest BCUT2D eigenvalue weighted by Gasteiger charge is -2.04. The molecule has 2 aromatic carbocycles. The Morgan fingerprint density at radius 1 is 1.19 bits per heavy atom. The second kappa shape index (κ2) is 5.22. The molecule has 106 valence electrons. The minimum absolute atomic E-state index is 0.0480. The number of rotatable bonds is 3. The molecule has 21 heavy (non-hydrogen) atoms. The van der Waals surface area contributed by atoms with Crippen molar-refractivity contribution in [2.45, 2.75) is 6.42 Å². The van der Waals surface area contributed by atoms with Crippen LogP contribution in [0.25, 0.3) is 22.0 Å². The maximum Gasteiger partial charge on any atom is 0.307 e. The third kappa shape index (κ3) is 2.62. The fraction of sp³-hybridized carbons (Fsp3) is 0.0625. The monoisotopic (exact) mass is 303 g/mol. The number of aromatic nitrogens is 1. The van der Waals surface area contributed by atoms with Crippen molar-refractivity contribution in [3.8, 4) is 11.1 Å². The number of carboxylic acid groups (broad SMARTS) is 1. The second-order valence-electron chi connectivity index (χ2n) is 4.77. The quantitative estimate of drug-likeness (QED) is 0.760. The Kier molecular flexibility index (Phi) is 3.39. The van der Waals surface area contributed by atoms with Gasteiger partial charge in [0.2, 0.25) is 0 Å². The number of halogens is 2. The molecule has 0 fully saturated rings. The number of fused-ring (bicyclic) bond motifs is 1. The van der Waals surface area contributed by atoms with Gasteiger partial charge in [-0.05, 0) is 41.0 Å². The molecule has 0 bridgehead atoms. The van der Waals surface area contributed by atoms with E-state index in [0.717, 1.165) is 22.0 Å². The summed E-state index contributed by atoms with van der Waals surface area (Å²) in [6.45, 7) is 0. The van der Waals surface area contributed by atoms with E-state index in [0.29, 0.717) is 5.56 Å². The van der Waals surface area contributed by atoms with Crippen LogP contribution in [0, 0.1) is 5.82 Å². The predicted molar refractivity (Wildman–Crippen MR) is 80.0 cm³/mol. The molecule has 3 rings (SSSR count). The zero-order valence-electron chi connectivity index (χ0n) is 10.9. The number of carboxylic acids is 1. The summed E-state index contributed by atoms with van der Waals surface area (Å²) in [7, 11) is 0. The van der Waals surface area contributed by atoms with E-state index in [-0.39, 0.29) is 11.4 Å². The molecule has 0 unspecified atom stereocenters. The van der Waals surface area contributed by atoms with Gasteiger partial charge in [-0.25, -0.2) is 4.39 Å². The molecule has 1 heterocycles. The Morgan fingerprint density at radius 2 is 1.90 bits per heavy atom. The summed E-state index contributed by atoms with van der Waals surface area (Å²) in [5, 5.41) is 9.83. The van der Waals surface area contributed by atoms with Crippen LogP contribution in [0.2, 0.25) is 5.02 Å². The first kappa shape index (κ1) is 13.6. The zero-order chi connectivity index (χ0) is 15.0. The molecule has 3 nitrogen and oxygen atoms in total. The number of hydrogen-bond donors (Lipinski definition) is 2. The van der Waals surface area contributed by atoms with Gasteiger partial charge in [0, 0.05) is 17.1 Å². The van der Waals surface area contributed by atoms with Gasteiger partial charge in [0.15, 0.2) is 0 Å². The van der Waals surface area contributed by atoms with E-state index >= 15 is 0 Å². The first-order chi connectivity index (χ1) is 10.0. The molecule has 0 saturated heterocycles. The highest BCUT2D eigenvalue weighted by molar-refractivity contribution is 6.31. The summed E-state index contributed by atoms with van der Waals surface area (Å²) in [6, 6.07) is 10.2. The van der Waals surface area contributed by atoms with Crippen LogP contribution in [0.1, 0.15) is 5.56 Å². The number of hydrogen-bond acceptors (Lipinski definition) is 1. The average Bonchev–Trinajstić information content (AvgIpc) is 2.84. The van der Waals surface area contributed by atoms with Crippen LogP contribution in [0.4, 0.5) is 4.39 Å². The van der Waals surface area contributed by atoms with E-state index in [2.05, 4.69) is 4.98 Å². The number of H-pyrrole nitrogens is 1. The van der Waals surface area contributed by atoms with E-state index in [4.69, 9.17) is 16.7 Å². The Labute approximate surface area is 125 Å². The minimum atomic E-state index is -0.883. The van der Waals surface area contributed by atoms with Gasteiger partial charge in [0.25, 0.3) is 0 Å². The Morgan fingerprint density at radius 3 is 2.62 bits per heavy atom. The molecule has 0 radical (unpaired) electrons. The normalized spacial score (nSPS) is 11.0. The smallest absolute Gasteiger partial charge is 0.307 e. The van der Waals surface area contributed by atoms with Crippen LogP contribution >= 0.6 is 11.6 Å². The first-order valence-electron chi connectivity index (χ1n) is 6.32. The first-order valence-corrected chi connectivity index (χ1v) is 6.69. The molecule has 0 amide bonds. The van der Waals surface area contributed by atoms with Gasteiger partial charge in [-0.15, -0.1) is 0 Å². The molecule has 0 aliphatic heterocycles. The van der Waals surface area contributed by atoms with Crippen LogP contribution in [0.5, 0.6) is 0 Å². The molecule has 0 saturated carbocycles. The molecule has 5 heteroatoms. The lowest BCUT2D eigenvalue weighted by atomic mass is 10.0. The van der Waals surface area contributed by atoms with Crippen LogP contribution in [-0.4, -0.2) is 16.1 Å². The Balaban J connectivity index is 2.10. The zero-order valence-corrected chi connectivity index (χ0v) is 11.6. The summed E-state index contributed by atoms with van der Waals surface area (Å²) in [5.74, 6) is -1.35. The highest BCUT2D eigenvalue weighted by Crippen LogP contribution is 2.29. The highest BCUT2D eigenvalue weighted by atomic mass is 35.5. The molecule has 3 aromatic rings. The maximum absolute atomic E-state index is 13.2. The SMILES string of the molecule is O=C(O)Cc1c[nH]c2ccc(-c3ccc(F)c(Cl)c3)cc12. The van der Waals surface area contributed by atoms with E-state index in [1.165, 1.54) is 6.07 Å². The van der Waals surface area contributed by atoms with Gasteiger partial charge in [0.05, 0.1) is 11.4 Å². The summed E-state index contributed by atoms with van der Waals surface area (Å²) in [5.41, 5.74) is 3.22.